The maximum absolute atomic E-state index is 13.7. The summed E-state index contributed by atoms with van der Waals surface area (Å²) in [6, 6.07) is 12.1. The number of primary amides is 1. The molecule has 3 aromatic rings. The predicted octanol–water partition coefficient (Wildman–Crippen LogP) is 2.30. The molecule has 0 spiro atoms. The number of hydrogen-bond donors (Lipinski definition) is 3. The molecule has 2 amide bonds. The van der Waals surface area contributed by atoms with Crippen LogP contribution in [0, 0.1) is 5.82 Å². The molecule has 0 unspecified atom stereocenters. The summed E-state index contributed by atoms with van der Waals surface area (Å²) in [7, 11) is 3.63. The second-order valence-corrected chi connectivity index (χ2v) is 12.0. The predicted molar refractivity (Wildman–Crippen MR) is 166 cm³/mol. The van der Waals surface area contributed by atoms with Gasteiger partial charge in [-0.2, -0.15) is 0 Å². The molecule has 3 heterocycles. The van der Waals surface area contributed by atoms with Gasteiger partial charge in [-0.15, -0.1) is 0 Å². The van der Waals surface area contributed by atoms with Crippen molar-refractivity contribution < 1.29 is 33.3 Å². The third-order valence-electron chi connectivity index (χ3n) is 8.57. The number of nitrogens with one attached hydrogen (secondary N) is 1. The molecule has 240 valence electrons. The van der Waals surface area contributed by atoms with Crippen LogP contribution in [-0.2, 0) is 15.8 Å². The normalized spacial score (nSPS) is 19.7. The number of rotatable bonds is 11. The number of halogens is 1. The monoisotopic (exact) mass is 621 g/mol. The Balaban J connectivity index is 1.31. The molecule has 11 nitrogen and oxygen atoms in total. The van der Waals surface area contributed by atoms with Gasteiger partial charge in [-0.1, -0.05) is 0 Å². The molecule has 2 aliphatic rings. The van der Waals surface area contributed by atoms with E-state index < -0.39 is 28.6 Å². The number of nitrogens with two attached hydrogens (primary N) is 1. The van der Waals surface area contributed by atoms with E-state index in [9.17, 15) is 19.1 Å². The molecule has 2 atom stereocenters. The van der Waals surface area contributed by atoms with Gasteiger partial charge in [-0.05, 0) is 69.4 Å². The fraction of sp³-hybridized carbons (Fsp3) is 0.424. The van der Waals surface area contributed by atoms with Crippen LogP contribution in [0.25, 0.3) is 11.3 Å². The first-order valence-electron chi connectivity index (χ1n) is 14.9. The first kappa shape index (κ1) is 32.1. The zero-order valence-electron chi connectivity index (χ0n) is 26.1. The number of amides is 2. The fourth-order valence-electron chi connectivity index (χ4n) is 5.40. The molecule has 5 rings (SSSR count). The van der Waals surface area contributed by atoms with Crippen LogP contribution >= 0.6 is 0 Å². The highest BCUT2D eigenvalue weighted by Gasteiger charge is 2.45. The highest BCUT2D eigenvalue weighted by molar-refractivity contribution is 5.95. The van der Waals surface area contributed by atoms with Crippen molar-refractivity contribution in [3.05, 3.63) is 71.2 Å². The van der Waals surface area contributed by atoms with Crippen LogP contribution < -0.4 is 25.3 Å². The fourth-order valence-corrected chi connectivity index (χ4v) is 5.40. The number of hydrogen-bond acceptors (Lipinski definition) is 9. The van der Waals surface area contributed by atoms with E-state index in [0.717, 1.165) is 32.7 Å². The lowest BCUT2D eigenvalue weighted by atomic mass is 9.82. The molecule has 45 heavy (non-hydrogen) atoms. The summed E-state index contributed by atoms with van der Waals surface area (Å²) < 4.78 is 31.0. The molecule has 2 aliphatic heterocycles. The number of piperazine rings is 1. The van der Waals surface area contributed by atoms with Crippen molar-refractivity contribution in [1.82, 2.24) is 20.1 Å². The molecule has 1 aromatic heterocycles. The first-order chi connectivity index (χ1) is 21.4. The standard InChI is InChI=1S/C33H40FN5O6/c1-32(31(35)41)20-45-29-24(32)18-27(37-28(29)21-5-8-23(34)9-6-21)33(2,42)19-36-30(40)22-7-10-25(26(17-22)43-4)44-16-15-39-13-11-38(3)12-14-39/h5-10,17-18,42H,11-16,19-20H2,1-4H3,(H2,35,41)(H,36,40)/t32-,33-/m0/s1. The quantitative estimate of drug-likeness (QED) is 0.294. The molecule has 2 aromatic carbocycles. The number of likely N-dealkylation sites (N-methyl/N-ethyl adjacent to an activating group) is 1. The summed E-state index contributed by atoms with van der Waals surface area (Å²) in [5.41, 5.74) is 4.71. The molecule has 0 saturated carbocycles. The lowest BCUT2D eigenvalue weighted by molar-refractivity contribution is -0.123. The van der Waals surface area contributed by atoms with Crippen LogP contribution in [0.4, 0.5) is 4.39 Å². The van der Waals surface area contributed by atoms with Gasteiger partial charge in [-0.25, -0.2) is 9.37 Å². The van der Waals surface area contributed by atoms with E-state index in [0.29, 0.717) is 46.2 Å². The molecule has 4 N–H and O–H groups in total. The van der Waals surface area contributed by atoms with Crippen molar-refractivity contribution in [1.29, 1.82) is 0 Å². The number of fused-ring (bicyclic) bond motifs is 1. The van der Waals surface area contributed by atoms with Gasteiger partial charge < -0.3 is 35.3 Å². The van der Waals surface area contributed by atoms with Gasteiger partial charge in [0.05, 0.1) is 19.3 Å². The van der Waals surface area contributed by atoms with Crippen molar-refractivity contribution in [2.75, 3.05) is 66.6 Å². The van der Waals surface area contributed by atoms with Crippen LogP contribution in [0.5, 0.6) is 17.2 Å². The maximum Gasteiger partial charge on any atom is 0.251 e. The van der Waals surface area contributed by atoms with Crippen LogP contribution in [0.2, 0.25) is 0 Å². The van der Waals surface area contributed by atoms with E-state index in [4.69, 9.17) is 19.9 Å². The molecule has 1 saturated heterocycles. The highest BCUT2D eigenvalue weighted by Crippen LogP contribution is 2.45. The molecule has 0 radical (unpaired) electrons. The van der Waals surface area contributed by atoms with Crippen molar-refractivity contribution in [2.24, 2.45) is 5.73 Å². The van der Waals surface area contributed by atoms with E-state index in [-0.39, 0.29) is 18.8 Å². The van der Waals surface area contributed by atoms with Gasteiger partial charge in [-0.3, -0.25) is 14.5 Å². The number of ether oxygens (including phenoxy) is 3. The van der Waals surface area contributed by atoms with Crippen molar-refractivity contribution in [2.45, 2.75) is 24.9 Å². The third-order valence-corrected chi connectivity index (χ3v) is 8.57. The van der Waals surface area contributed by atoms with Gasteiger partial charge in [0.15, 0.2) is 11.5 Å². The Kier molecular flexibility index (Phi) is 9.28. The maximum atomic E-state index is 13.7. The Morgan fingerprint density at radius 3 is 2.51 bits per heavy atom. The zero-order valence-corrected chi connectivity index (χ0v) is 26.1. The minimum atomic E-state index is -1.67. The van der Waals surface area contributed by atoms with E-state index in [2.05, 4.69) is 27.1 Å². The average Bonchev–Trinajstić information content (AvgIpc) is 3.38. The number of carbonyl (C=O) groups is 2. The SMILES string of the molecule is COc1cc(C(=O)NC[C@](C)(O)c2cc3c(c(-c4ccc(F)cc4)n2)OC[C@]3(C)C(N)=O)ccc1OCCN1CCN(C)CC1. The summed E-state index contributed by atoms with van der Waals surface area (Å²) in [6.45, 7) is 8.26. The van der Waals surface area contributed by atoms with E-state index in [1.54, 1.807) is 31.2 Å². The highest BCUT2D eigenvalue weighted by atomic mass is 19.1. The van der Waals surface area contributed by atoms with Crippen LogP contribution in [0.1, 0.15) is 35.5 Å². The lowest BCUT2D eigenvalue weighted by Crippen LogP contribution is -2.45. The summed E-state index contributed by atoms with van der Waals surface area (Å²) in [5, 5.41) is 14.3. The minimum absolute atomic E-state index is 0.00668. The second kappa shape index (κ2) is 13.0. The topological polar surface area (TPSA) is 139 Å². The Hall–Kier alpha value is -4.26. The lowest BCUT2D eigenvalue weighted by Gasteiger charge is -2.32. The Morgan fingerprint density at radius 2 is 1.84 bits per heavy atom. The molecule has 1 fully saturated rings. The number of carbonyl (C=O) groups excluding carboxylic acids is 2. The summed E-state index contributed by atoms with van der Waals surface area (Å²) in [6.07, 6.45) is 0. The third kappa shape index (κ3) is 6.87. The number of aromatic nitrogens is 1. The van der Waals surface area contributed by atoms with Gasteiger partial charge >= 0.3 is 0 Å². The van der Waals surface area contributed by atoms with Gasteiger partial charge in [0, 0.05) is 49.4 Å². The van der Waals surface area contributed by atoms with Gasteiger partial charge in [0.1, 0.15) is 41.5 Å². The molecule has 0 bridgehead atoms. The van der Waals surface area contributed by atoms with Gasteiger partial charge in [0.2, 0.25) is 5.91 Å². The summed E-state index contributed by atoms with van der Waals surface area (Å²) in [4.78, 5) is 34.9. The molecular weight excluding hydrogens is 581 g/mol. The Morgan fingerprint density at radius 1 is 1.13 bits per heavy atom. The summed E-state index contributed by atoms with van der Waals surface area (Å²) >= 11 is 0. The largest absolute Gasteiger partial charge is 0.493 e. The Labute approximate surface area is 262 Å². The van der Waals surface area contributed by atoms with Crippen LogP contribution in [-0.4, -0.2) is 98.3 Å². The number of benzene rings is 2. The van der Waals surface area contributed by atoms with Crippen LogP contribution in [0.15, 0.2) is 48.5 Å². The Bertz CT molecular complexity index is 1560. The summed E-state index contributed by atoms with van der Waals surface area (Å²) in [5.74, 6) is -0.177. The van der Waals surface area contributed by atoms with E-state index >= 15 is 0 Å². The number of nitrogens with zero attached hydrogens (tertiary/aromatic N) is 3. The first-order valence-corrected chi connectivity index (χ1v) is 14.9. The van der Waals surface area contributed by atoms with Gasteiger partial charge in [0.25, 0.3) is 5.91 Å². The number of methoxy groups -OCH3 is 1. The molecule has 0 aliphatic carbocycles. The smallest absolute Gasteiger partial charge is 0.251 e. The second-order valence-electron chi connectivity index (χ2n) is 12.0. The van der Waals surface area contributed by atoms with Crippen molar-refractivity contribution in [3.8, 4) is 28.5 Å². The van der Waals surface area contributed by atoms with Crippen LogP contribution in [0.3, 0.4) is 0 Å². The molecular formula is C33H40FN5O6. The van der Waals surface area contributed by atoms with Crippen molar-refractivity contribution in [3.63, 3.8) is 0 Å². The number of pyridine rings is 1. The van der Waals surface area contributed by atoms with E-state index in [1.807, 2.05) is 0 Å². The average molecular weight is 622 g/mol. The zero-order chi connectivity index (χ0) is 32.4. The minimum Gasteiger partial charge on any atom is -0.493 e. The van der Waals surface area contributed by atoms with E-state index in [1.165, 1.54) is 38.3 Å². The number of aliphatic hydroxyl groups is 1. The molecule has 12 heteroatoms. The van der Waals surface area contributed by atoms with Crippen molar-refractivity contribution >= 4 is 11.8 Å².